The second-order valence-electron chi connectivity index (χ2n) is 7.88. The van der Waals surface area contributed by atoms with Crippen LogP contribution in [0.3, 0.4) is 0 Å². The molecule has 31 heavy (non-hydrogen) atoms. The van der Waals surface area contributed by atoms with Crippen molar-refractivity contribution in [1.29, 1.82) is 0 Å². The Morgan fingerprint density at radius 3 is 2.13 bits per heavy atom. The first-order valence-electron chi connectivity index (χ1n) is 10.6. The number of halogens is 1. The molecule has 1 saturated heterocycles. The minimum absolute atomic E-state index is 0.0150. The number of piperazine rings is 1. The molecule has 1 amide bonds. The van der Waals surface area contributed by atoms with Gasteiger partial charge in [0.15, 0.2) is 6.61 Å². The summed E-state index contributed by atoms with van der Waals surface area (Å²) in [4.78, 5) is 17.0. The van der Waals surface area contributed by atoms with Gasteiger partial charge in [0.2, 0.25) is 0 Å². The van der Waals surface area contributed by atoms with Gasteiger partial charge in [0.25, 0.3) is 5.91 Å². The zero-order valence-electron chi connectivity index (χ0n) is 17.7. The van der Waals surface area contributed by atoms with Crippen molar-refractivity contribution in [2.45, 2.75) is 13.0 Å². The Bertz CT molecular complexity index is 982. The quantitative estimate of drug-likeness (QED) is 0.549. The predicted octanol–water partition coefficient (Wildman–Crippen LogP) is 4.96. The van der Waals surface area contributed by atoms with Crippen molar-refractivity contribution in [3.63, 3.8) is 0 Å². The molecule has 0 N–H and O–H groups in total. The van der Waals surface area contributed by atoms with Gasteiger partial charge in [-0.1, -0.05) is 71.8 Å². The van der Waals surface area contributed by atoms with Gasteiger partial charge in [0.05, 0.1) is 6.04 Å². The Morgan fingerprint density at radius 2 is 1.48 bits per heavy atom. The second-order valence-corrected chi connectivity index (χ2v) is 8.32. The minimum atomic E-state index is 0.0150. The number of nitrogens with zero attached hydrogens (tertiary/aromatic N) is 2. The number of ether oxygens (including phenoxy) is 1. The zero-order valence-corrected chi connectivity index (χ0v) is 18.5. The summed E-state index contributed by atoms with van der Waals surface area (Å²) in [5, 5.41) is 0.649. The van der Waals surface area contributed by atoms with Gasteiger partial charge in [-0.3, -0.25) is 9.69 Å². The Hall–Kier alpha value is -2.82. The first-order valence-corrected chi connectivity index (χ1v) is 11.0. The number of aryl methyl sites for hydroxylation is 1. The number of carbonyl (C=O) groups is 1. The molecule has 4 rings (SSSR count). The maximum atomic E-state index is 12.6. The maximum Gasteiger partial charge on any atom is 0.260 e. The van der Waals surface area contributed by atoms with Gasteiger partial charge in [-0.05, 0) is 42.3 Å². The molecule has 0 bridgehead atoms. The van der Waals surface area contributed by atoms with E-state index in [9.17, 15) is 4.79 Å². The molecule has 160 valence electrons. The number of amides is 1. The molecule has 0 radical (unpaired) electrons. The third-order valence-corrected chi connectivity index (χ3v) is 5.97. The highest BCUT2D eigenvalue weighted by molar-refractivity contribution is 6.30. The summed E-state index contributed by atoms with van der Waals surface area (Å²) in [5.74, 6) is 0.668. The molecule has 0 saturated carbocycles. The van der Waals surface area contributed by atoms with Crippen LogP contribution in [-0.2, 0) is 4.79 Å². The number of rotatable bonds is 6. The lowest BCUT2D eigenvalue weighted by molar-refractivity contribution is -0.135. The van der Waals surface area contributed by atoms with Crippen LogP contribution in [-0.4, -0.2) is 48.5 Å². The van der Waals surface area contributed by atoms with Gasteiger partial charge in [-0.15, -0.1) is 0 Å². The van der Waals surface area contributed by atoms with Gasteiger partial charge in [0.1, 0.15) is 5.75 Å². The summed E-state index contributed by atoms with van der Waals surface area (Å²) in [6.07, 6.45) is 0. The molecule has 4 nitrogen and oxygen atoms in total. The van der Waals surface area contributed by atoms with E-state index in [0.717, 1.165) is 13.1 Å². The fraction of sp³-hybridized carbons (Fsp3) is 0.269. The zero-order chi connectivity index (χ0) is 21.6. The maximum absolute atomic E-state index is 12.6. The van der Waals surface area contributed by atoms with E-state index in [1.54, 1.807) is 24.3 Å². The van der Waals surface area contributed by atoms with Crippen LogP contribution in [0.1, 0.15) is 22.7 Å². The number of benzene rings is 3. The van der Waals surface area contributed by atoms with Gasteiger partial charge < -0.3 is 9.64 Å². The molecule has 0 spiro atoms. The SMILES string of the molecule is Cc1ccc([C@H](c2ccccc2)N2CCN(C(=O)COc3ccc(Cl)cc3)CC2)cc1. The summed E-state index contributed by atoms with van der Waals surface area (Å²) in [7, 11) is 0. The Balaban J connectivity index is 1.40. The molecule has 3 aromatic carbocycles. The van der Waals surface area contributed by atoms with Crippen molar-refractivity contribution in [2.75, 3.05) is 32.8 Å². The highest BCUT2D eigenvalue weighted by Crippen LogP contribution is 2.29. The molecule has 1 atom stereocenters. The molecule has 0 aliphatic carbocycles. The van der Waals surface area contributed by atoms with Gasteiger partial charge in [-0.2, -0.15) is 0 Å². The molecular weight excluding hydrogens is 408 g/mol. The van der Waals surface area contributed by atoms with E-state index < -0.39 is 0 Å². The van der Waals surface area contributed by atoms with E-state index in [1.165, 1.54) is 16.7 Å². The van der Waals surface area contributed by atoms with E-state index in [1.807, 2.05) is 11.0 Å². The van der Waals surface area contributed by atoms with E-state index in [-0.39, 0.29) is 18.6 Å². The van der Waals surface area contributed by atoms with Crippen molar-refractivity contribution in [2.24, 2.45) is 0 Å². The second kappa shape index (κ2) is 9.99. The third kappa shape index (κ3) is 5.46. The lowest BCUT2D eigenvalue weighted by Gasteiger charge is -2.39. The van der Waals surface area contributed by atoms with Crippen LogP contribution < -0.4 is 4.74 Å². The van der Waals surface area contributed by atoms with E-state index in [2.05, 4.69) is 60.4 Å². The van der Waals surface area contributed by atoms with Crippen molar-refractivity contribution >= 4 is 17.5 Å². The average molecular weight is 435 g/mol. The van der Waals surface area contributed by atoms with Gasteiger partial charge in [0, 0.05) is 31.2 Å². The molecule has 1 aliphatic heterocycles. The molecule has 3 aromatic rings. The van der Waals surface area contributed by atoms with Crippen LogP contribution in [0, 0.1) is 6.92 Å². The normalized spacial score (nSPS) is 15.5. The summed E-state index contributed by atoms with van der Waals surface area (Å²) < 4.78 is 5.64. The van der Waals surface area contributed by atoms with Crippen LogP contribution in [0.5, 0.6) is 5.75 Å². The van der Waals surface area contributed by atoms with Crippen LogP contribution in [0.15, 0.2) is 78.9 Å². The summed E-state index contributed by atoms with van der Waals surface area (Å²) >= 11 is 5.90. The van der Waals surface area contributed by atoms with E-state index >= 15 is 0 Å². The average Bonchev–Trinajstić information content (AvgIpc) is 2.81. The molecule has 1 fully saturated rings. The van der Waals surface area contributed by atoms with E-state index in [4.69, 9.17) is 16.3 Å². The highest BCUT2D eigenvalue weighted by atomic mass is 35.5. The predicted molar refractivity (Wildman–Crippen MR) is 125 cm³/mol. The van der Waals surface area contributed by atoms with Crippen LogP contribution in [0.25, 0.3) is 0 Å². The molecule has 1 heterocycles. The van der Waals surface area contributed by atoms with Crippen LogP contribution in [0.4, 0.5) is 0 Å². The Kier molecular flexibility index (Phi) is 6.90. The van der Waals surface area contributed by atoms with E-state index in [0.29, 0.717) is 23.9 Å². The molecule has 0 aromatic heterocycles. The summed E-state index contributed by atoms with van der Waals surface area (Å²) in [6, 6.07) is 26.6. The van der Waals surface area contributed by atoms with Crippen molar-refractivity contribution < 1.29 is 9.53 Å². The fourth-order valence-corrected chi connectivity index (χ4v) is 4.12. The summed E-state index contributed by atoms with van der Waals surface area (Å²) in [6.45, 7) is 5.18. The van der Waals surface area contributed by atoms with Crippen molar-refractivity contribution in [3.05, 3.63) is 101 Å². The smallest absolute Gasteiger partial charge is 0.260 e. The molecule has 5 heteroatoms. The fourth-order valence-electron chi connectivity index (χ4n) is 3.99. The van der Waals surface area contributed by atoms with Crippen molar-refractivity contribution in [3.8, 4) is 5.75 Å². The molecule has 1 aliphatic rings. The van der Waals surface area contributed by atoms with Gasteiger partial charge >= 0.3 is 0 Å². The molecule has 0 unspecified atom stereocenters. The summed E-state index contributed by atoms with van der Waals surface area (Å²) in [5.41, 5.74) is 3.81. The topological polar surface area (TPSA) is 32.8 Å². The van der Waals surface area contributed by atoms with Crippen LogP contribution in [0.2, 0.25) is 5.02 Å². The molecular formula is C26H27ClN2O2. The first kappa shape index (κ1) is 21.4. The number of hydrogen-bond donors (Lipinski definition) is 0. The standard InChI is InChI=1S/C26H27ClN2O2/c1-20-7-9-22(10-8-20)26(21-5-3-2-4-6-21)29-17-15-28(16-18-29)25(30)19-31-24-13-11-23(27)12-14-24/h2-14,26H,15-19H2,1H3/t26-/m0/s1. The van der Waals surface area contributed by atoms with Crippen LogP contribution >= 0.6 is 11.6 Å². The van der Waals surface area contributed by atoms with Gasteiger partial charge in [-0.25, -0.2) is 0 Å². The lowest BCUT2D eigenvalue weighted by atomic mass is 9.95. The van der Waals surface area contributed by atoms with Crippen molar-refractivity contribution in [1.82, 2.24) is 9.80 Å². The first-order chi connectivity index (χ1) is 15.1. The minimum Gasteiger partial charge on any atom is -0.484 e. The number of carbonyl (C=O) groups excluding carboxylic acids is 1. The Labute approximate surface area is 189 Å². The Morgan fingerprint density at radius 1 is 0.871 bits per heavy atom. The third-order valence-electron chi connectivity index (χ3n) is 5.72. The lowest BCUT2D eigenvalue weighted by Crippen LogP contribution is -2.51. The monoisotopic (exact) mass is 434 g/mol. The highest BCUT2D eigenvalue weighted by Gasteiger charge is 2.28. The largest absolute Gasteiger partial charge is 0.484 e. The number of hydrogen-bond acceptors (Lipinski definition) is 3.